The number of phenolic OH excluding ortho intramolecular Hbond substituents is 1. The summed E-state index contributed by atoms with van der Waals surface area (Å²) < 4.78 is 68.9. The summed E-state index contributed by atoms with van der Waals surface area (Å²) in [5.41, 5.74) is 1.16. The minimum absolute atomic E-state index is 0.0317. The van der Waals surface area contributed by atoms with Crippen LogP contribution < -0.4 is 4.74 Å². The Morgan fingerprint density at radius 3 is 1.71 bits per heavy atom. The number of hydrogen-bond donors (Lipinski definition) is 1. The number of ether oxygens (including phenoxy) is 1. The van der Waals surface area contributed by atoms with Crippen LogP contribution in [0.15, 0.2) is 93.8 Å². The molecule has 4 aromatic carbocycles. The lowest BCUT2D eigenvalue weighted by Gasteiger charge is -2.25. The van der Waals surface area contributed by atoms with Crippen molar-refractivity contribution in [1.29, 1.82) is 0 Å². The fourth-order valence-electron chi connectivity index (χ4n) is 6.44. The maximum Gasteiger partial charge on any atom is 0.183 e. The number of hydrogen-bond acceptors (Lipinski definition) is 4. The summed E-state index contributed by atoms with van der Waals surface area (Å²) in [7, 11) is 4.58. The zero-order valence-electron chi connectivity index (χ0n) is 25.0. The smallest absolute Gasteiger partial charge is 0.183 e. The summed E-state index contributed by atoms with van der Waals surface area (Å²) in [6.45, 7) is 3.80. The van der Waals surface area contributed by atoms with Crippen LogP contribution in [0.3, 0.4) is 0 Å². The SMILES string of the molecule is BC1(F)C(c2c(-c3ccc(O)cc3)oc3cc(C)ccc23)=C(c2c(-c3ccc(OC)cc3)oc3cc(C)ccc23)C(F)(P)C1F. The van der Waals surface area contributed by atoms with Crippen molar-refractivity contribution in [3.05, 3.63) is 107 Å². The van der Waals surface area contributed by atoms with E-state index in [1.807, 2.05) is 47.4 Å². The van der Waals surface area contributed by atoms with Gasteiger partial charge in [0.2, 0.25) is 0 Å². The van der Waals surface area contributed by atoms with Gasteiger partial charge in [-0.1, -0.05) is 33.5 Å². The third kappa shape index (κ3) is 4.49. The molecule has 9 heteroatoms. The van der Waals surface area contributed by atoms with Crippen LogP contribution in [0.2, 0.25) is 0 Å². The highest BCUT2D eigenvalue weighted by Gasteiger charge is 2.62. The Hall–Kier alpha value is -4.42. The molecule has 1 N–H and O–H groups in total. The van der Waals surface area contributed by atoms with Gasteiger partial charge in [-0.25, -0.2) is 13.2 Å². The maximum atomic E-state index is 17.2. The summed E-state index contributed by atoms with van der Waals surface area (Å²) in [5, 5.41) is 8.16. The predicted molar refractivity (Wildman–Crippen MR) is 179 cm³/mol. The van der Waals surface area contributed by atoms with Crippen molar-refractivity contribution in [3.8, 4) is 34.1 Å². The number of fused-ring (bicyclic) bond motifs is 2. The van der Waals surface area contributed by atoms with Crippen LogP contribution in [-0.2, 0) is 0 Å². The summed E-state index contributed by atoms with van der Waals surface area (Å²) in [5.74, 6) is 1.15. The molecule has 45 heavy (non-hydrogen) atoms. The molecule has 1 aliphatic carbocycles. The van der Waals surface area contributed by atoms with E-state index in [0.717, 1.165) is 19.0 Å². The average molecular weight is 624 g/mol. The van der Waals surface area contributed by atoms with Crippen molar-refractivity contribution in [3.63, 3.8) is 0 Å². The fraction of sp³-hybridized carbons (Fsp3) is 0.167. The van der Waals surface area contributed by atoms with E-state index in [1.165, 1.54) is 12.1 Å². The van der Waals surface area contributed by atoms with E-state index in [-0.39, 0.29) is 39.5 Å². The molecule has 4 atom stereocenters. The minimum Gasteiger partial charge on any atom is -0.508 e. The van der Waals surface area contributed by atoms with Crippen molar-refractivity contribution >= 4 is 50.2 Å². The summed E-state index contributed by atoms with van der Waals surface area (Å²) >= 11 is 0. The maximum absolute atomic E-state index is 17.2. The van der Waals surface area contributed by atoms with Gasteiger partial charge in [0.05, 0.1) is 7.11 Å². The molecule has 4 unspecified atom stereocenters. The van der Waals surface area contributed by atoms with Gasteiger partial charge in [-0.05, 0) is 85.6 Å². The van der Waals surface area contributed by atoms with Crippen LogP contribution in [0.1, 0.15) is 22.3 Å². The van der Waals surface area contributed by atoms with Gasteiger partial charge in [0.25, 0.3) is 0 Å². The molecule has 0 bridgehead atoms. The van der Waals surface area contributed by atoms with Crippen LogP contribution in [0, 0.1) is 13.8 Å². The molecule has 0 saturated carbocycles. The second-order valence-electron chi connectivity index (χ2n) is 11.8. The lowest BCUT2D eigenvalue weighted by molar-refractivity contribution is 0.112. The van der Waals surface area contributed by atoms with Gasteiger partial charge >= 0.3 is 0 Å². The second-order valence-corrected chi connectivity index (χ2v) is 12.7. The van der Waals surface area contributed by atoms with E-state index in [1.54, 1.807) is 55.6 Å². The van der Waals surface area contributed by atoms with Crippen molar-refractivity contribution in [2.75, 3.05) is 7.11 Å². The largest absolute Gasteiger partial charge is 0.508 e. The molecule has 2 heterocycles. The highest BCUT2D eigenvalue weighted by Crippen LogP contribution is 2.62. The van der Waals surface area contributed by atoms with Crippen molar-refractivity contribution < 1.29 is 31.8 Å². The molecule has 4 nitrogen and oxygen atoms in total. The Bertz CT molecular complexity index is 2140. The number of aromatic hydroxyl groups is 1. The molecular formula is C36H29BF3O4P. The van der Waals surface area contributed by atoms with E-state index in [2.05, 4.69) is 0 Å². The van der Waals surface area contributed by atoms with Gasteiger partial charge in [-0.3, -0.25) is 0 Å². The first-order valence-electron chi connectivity index (χ1n) is 14.5. The third-order valence-corrected chi connectivity index (χ3v) is 9.22. The molecule has 226 valence electrons. The first-order valence-corrected chi connectivity index (χ1v) is 15.1. The summed E-state index contributed by atoms with van der Waals surface area (Å²) in [4.78, 5) is 0. The lowest BCUT2D eigenvalue weighted by atomic mass is 9.73. The molecule has 2 aromatic heterocycles. The number of halogens is 3. The fourth-order valence-corrected chi connectivity index (χ4v) is 7.04. The molecule has 0 aliphatic heterocycles. The topological polar surface area (TPSA) is 55.7 Å². The predicted octanol–water partition coefficient (Wildman–Crippen LogP) is 8.95. The number of phenols is 1. The van der Waals surface area contributed by atoms with Crippen molar-refractivity contribution in [2.45, 2.75) is 31.0 Å². The quantitative estimate of drug-likeness (QED) is 0.154. The van der Waals surface area contributed by atoms with Gasteiger partial charge in [0.15, 0.2) is 19.4 Å². The van der Waals surface area contributed by atoms with Gasteiger partial charge in [0.1, 0.15) is 39.8 Å². The normalized spacial score (nSPS) is 21.7. The number of methoxy groups -OCH3 is 1. The Morgan fingerprint density at radius 1 is 0.756 bits per heavy atom. The Balaban J connectivity index is 1.65. The van der Waals surface area contributed by atoms with Gasteiger partial charge in [-0.2, -0.15) is 0 Å². The standard InChI is InChI=1S/C36H29BF3O4P/c1-18-4-14-24-26(16-18)43-32(20-6-10-22(41)11-7-20)28(24)30-31(36(40,45)34(38)35(30,37)39)29-25-15-5-19(2)17-27(25)44-33(29)21-8-12-23(42-3)13-9-21/h4-17,34,41H,37,45H2,1-3H3. The monoisotopic (exact) mass is 624 g/mol. The first-order chi connectivity index (χ1) is 21.4. The molecule has 1 aliphatic rings. The second kappa shape index (κ2) is 10.3. The number of allylic oxidation sites excluding steroid dienone is 2. The number of rotatable bonds is 5. The molecule has 0 fully saturated rings. The number of furan rings is 2. The van der Waals surface area contributed by atoms with E-state index in [9.17, 15) is 5.11 Å². The van der Waals surface area contributed by atoms with Crippen LogP contribution in [0.4, 0.5) is 13.2 Å². The summed E-state index contributed by atoms with van der Waals surface area (Å²) in [6.07, 6.45) is -2.58. The first kappa shape index (κ1) is 29.3. The molecule has 0 amide bonds. The molecule has 0 spiro atoms. The van der Waals surface area contributed by atoms with Crippen molar-refractivity contribution in [1.82, 2.24) is 0 Å². The van der Waals surface area contributed by atoms with Crippen molar-refractivity contribution in [2.24, 2.45) is 0 Å². The highest BCUT2D eigenvalue weighted by molar-refractivity contribution is 7.20. The Labute approximate surface area is 261 Å². The number of aryl methyl sites for hydroxylation is 2. The molecule has 0 radical (unpaired) electrons. The Morgan fingerprint density at radius 2 is 1.22 bits per heavy atom. The van der Waals surface area contributed by atoms with Crippen LogP contribution in [0.5, 0.6) is 11.5 Å². The van der Waals surface area contributed by atoms with Gasteiger partial charge in [0, 0.05) is 44.2 Å². The van der Waals surface area contributed by atoms with E-state index < -0.39 is 17.1 Å². The molecule has 6 aromatic rings. The zero-order chi connectivity index (χ0) is 31.8. The zero-order valence-corrected chi connectivity index (χ0v) is 26.2. The lowest BCUT2D eigenvalue weighted by Crippen LogP contribution is -2.40. The average Bonchev–Trinajstić information content (AvgIpc) is 3.60. The van der Waals surface area contributed by atoms with Crippen LogP contribution in [0.25, 0.3) is 55.7 Å². The van der Waals surface area contributed by atoms with E-state index in [4.69, 9.17) is 13.6 Å². The van der Waals surface area contributed by atoms with Gasteiger partial charge < -0.3 is 18.7 Å². The van der Waals surface area contributed by atoms with Crippen LogP contribution >= 0.6 is 9.24 Å². The highest BCUT2D eigenvalue weighted by atomic mass is 31.0. The third-order valence-electron chi connectivity index (χ3n) is 8.64. The molecular weight excluding hydrogens is 595 g/mol. The van der Waals surface area contributed by atoms with Crippen LogP contribution in [-0.4, -0.2) is 37.2 Å². The number of alkyl halides is 3. The van der Waals surface area contributed by atoms with Gasteiger partial charge in [-0.15, -0.1) is 0 Å². The Kier molecular flexibility index (Phi) is 6.72. The van der Waals surface area contributed by atoms with E-state index in [0.29, 0.717) is 38.8 Å². The minimum atomic E-state index is -2.84. The van der Waals surface area contributed by atoms with E-state index >= 15 is 13.2 Å². The number of benzene rings is 4. The molecule has 7 rings (SSSR count). The summed E-state index contributed by atoms with van der Waals surface area (Å²) in [6, 6.07) is 24.2. The molecule has 0 saturated heterocycles.